The summed E-state index contributed by atoms with van der Waals surface area (Å²) >= 11 is 0. The maximum atomic E-state index is 12.4. The van der Waals surface area contributed by atoms with Gasteiger partial charge in [-0.1, -0.05) is 19.1 Å². The number of carbonyl (C=O) groups is 1. The molecule has 1 aromatic heterocycles. The summed E-state index contributed by atoms with van der Waals surface area (Å²) in [4.78, 5) is 25.5. The van der Waals surface area contributed by atoms with Gasteiger partial charge in [-0.15, -0.1) is 0 Å². The zero-order valence-electron chi connectivity index (χ0n) is 15.3. The molecule has 0 atom stereocenters. The quantitative estimate of drug-likeness (QED) is 0.848. The van der Waals surface area contributed by atoms with Crippen LogP contribution in [0.2, 0.25) is 0 Å². The molecule has 3 rings (SSSR count). The summed E-state index contributed by atoms with van der Waals surface area (Å²) in [6, 6.07) is 9.38. The van der Waals surface area contributed by atoms with Crippen LogP contribution in [0.5, 0.6) is 5.75 Å². The minimum absolute atomic E-state index is 0.198. The smallest absolute Gasteiger partial charge is 0.270 e. The standard InChI is InChI=1S/C19H25N5O2/c1-3-23-8-10-24(11-9-23)18-12-17(21-14-22-18)19(25)20-13-15-4-6-16(26-2)7-5-15/h4-7,12,14H,3,8-11,13H2,1-2H3,(H,20,25). The molecular formula is C19H25N5O2. The molecule has 7 heteroatoms. The maximum absolute atomic E-state index is 12.4. The Labute approximate surface area is 154 Å². The fourth-order valence-corrected chi connectivity index (χ4v) is 2.95. The van der Waals surface area contributed by atoms with Crippen molar-refractivity contribution in [2.75, 3.05) is 44.7 Å². The SMILES string of the molecule is CCN1CCN(c2cc(C(=O)NCc3ccc(OC)cc3)ncn2)CC1. The van der Waals surface area contributed by atoms with E-state index in [2.05, 4.69) is 32.0 Å². The highest BCUT2D eigenvalue weighted by Crippen LogP contribution is 2.14. The van der Waals surface area contributed by atoms with Crippen LogP contribution in [0.4, 0.5) is 5.82 Å². The first-order valence-corrected chi connectivity index (χ1v) is 8.90. The summed E-state index contributed by atoms with van der Waals surface area (Å²) in [6.07, 6.45) is 1.46. The number of hydrogen-bond acceptors (Lipinski definition) is 6. The van der Waals surface area contributed by atoms with Gasteiger partial charge in [0, 0.05) is 38.8 Å². The van der Waals surface area contributed by atoms with Gasteiger partial charge in [-0.05, 0) is 24.2 Å². The molecule has 0 saturated carbocycles. The highest BCUT2D eigenvalue weighted by Gasteiger charge is 2.18. The van der Waals surface area contributed by atoms with Crippen LogP contribution in [0.25, 0.3) is 0 Å². The second-order valence-electron chi connectivity index (χ2n) is 6.21. The number of benzene rings is 1. The molecule has 138 valence electrons. The molecule has 1 fully saturated rings. The molecule has 1 aliphatic heterocycles. The summed E-state index contributed by atoms with van der Waals surface area (Å²) in [6.45, 7) is 7.54. The first-order chi connectivity index (χ1) is 12.7. The fraction of sp³-hybridized carbons (Fsp3) is 0.421. The van der Waals surface area contributed by atoms with Gasteiger partial charge in [0.1, 0.15) is 23.6 Å². The highest BCUT2D eigenvalue weighted by atomic mass is 16.5. The predicted octanol–water partition coefficient (Wildman–Crippen LogP) is 1.56. The van der Waals surface area contributed by atoms with Gasteiger partial charge in [-0.25, -0.2) is 9.97 Å². The number of nitrogens with zero attached hydrogens (tertiary/aromatic N) is 4. The van der Waals surface area contributed by atoms with E-state index >= 15 is 0 Å². The molecule has 2 aromatic rings. The van der Waals surface area contributed by atoms with Gasteiger partial charge in [-0.3, -0.25) is 4.79 Å². The molecule has 1 N–H and O–H groups in total. The van der Waals surface area contributed by atoms with E-state index in [0.29, 0.717) is 12.2 Å². The van der Waals surface area contributed by atoms with Crippen molar-refractivity contribution in [3.63, 3.8) is 0 Å². The molecule has 1 aliphatic rings. The summed E-state index contributed by atoms with van der Waals surface area (Å²) in [5, 5.41) is 2.90. The number of ether oxygens (including phenoxy) is 1. The third-order valence-corrected chi connectivity index (χ3v) is 4.64. The van der Waals surface area contributed by atoms with Gasteiger partial charge < -0.3 is 19.9 Å². The topological polar surface area (TPSA) is 70.6 Å². The van der Waals surface area contributed by atoms with Crippen molar-refractivity contribution >= 4 is 11.7 Å². The summed E-state index contributed by atoms with van der Waals surface area (Å²) in [5.74, 6) is 1.41. The van der Waals surface area contributed by atoms with E-state index in [9.17, 15) is 4.79 Å². The molecule has 1 saturated heterocycles. The number of likely N-dealkylation sites (N-methyl/N-ethyl adjacent to an activating group) is 1. The fourth-order valence-electron chi connectivity index (χ4n) is 2.95. The van der Waals surface area contributed by atoms with Gasteiger partial charge >= 0.3 is 0 Å². The van der Waals surface area contributed by atoms with Crippen LogP contribution in [0, 0.1) is 0 Å². The second kappa shape index (κ2) is 8.62. The van der Waals surface area contributed by atoms with Crippen LogP contribution >= 0.6 is 0 Å². The monoisotopic (exact) mass is 355 g/mol. The second-order valence-corrected chi connectivity index (χ2v) is 6.21. The Morgan fingerprint density at radius 3 is 2.54 bits per heavy atom. The number of aromatic nitrogens is 2. The molecule has 0 unspecified atom stereocenters. The number of methoxy groups -OCH3 is 1. The number of anilines is 1. The summed E-state index contributed by atoms with van der Waals surface area (Å²) < 4.78 is 5.14. The Kier molecular flexibility index (Phi) is 6.01. The van der Waals surface area contributed by atoms with Crippen LogP contribution in [0.3, 0.4) is 0 Å². The summed E-state index contributed by atoms with van der Waals surface area (Å²) in [5.41, 5.74) is 1.39. The molecule has 0 radical (unpaired) electrons. The molecule has 1 aromatic carbocycles. The molecule has 0 aliphatic carbocycles. The third kappa shape index (κ3) is 4.49. The molecular weight excluding hydrogens is 330 g/mol. The van der Waals surface area contributed by atoms with Crippen molar-refractivity contribution < 1.29 is 9.53 Å². The molecule has 0 spiro atoms. The van der Waals surface area contributed by atoms with Crippen LogP contribution < -0.4 is 15.0 Å². The zero-order chi connectivity index (χ0) is 18.4. The Morgan fingerprint density at radius 2 is 1.88 bits per heavy atom. The van der Waals surface area contributed by atoms with Gasteiger partial charge in [-0.2, -0.15) is 0 Å². The molecule has 1 amide bonds. The highest BCUT2D eigenvalue weighted by molar-refractivity contribution is 5.92. The van der Waals surface area contributed by atoms with E-state index in [1.54, 1.807) is 13.2 Å². The number of carbonyl (C=O) groups excluding carboxylic acids is 1. The maximum Gasteiger partial charge on any atom is 0.270 e. The zero-order valence-corrected chi connectivity index (χ0v) is 15.3. The van der Waals surface area contributed by atoms with E-state index in [4.69, 9.17) is 4.74 Å². The minimum Gasteiger partial charge on any atom is -0.497 e. The lowest BCUT2D eigenvalue weighted by molar-refractivity contribution is 0.0945. The summed E-state index contributed by atoms with van der Waals surface area (Å²) in [7, 11) is 1.63. The Hall–Kier alpha value is -2.67. The Balaban J connectivity index is 1.59. The number of hydrogen-bond donors (Lipinski definition) is 1. The van der Waals surface area contributed by atoms with Crippen molar-refractivity contribution in [2.24, 2.45) is 0 Å². The van der Waals surface area contributed by atoms with Gasteiger partial charge in [0.05, 0.1) is 7.11 Å². The largest absolute Gasteiger partial charge is 0.497 e. The Morgan fingerprint density at radius 1 is 1.15 bits per heavy atom. The van der Waals surface area contributed by atoms with E-state index in [0.717, 1.165) is 49.9 Å². The first-order valence-electron chi connectivity index (χ1n) is 8.90. The lowest BCUT2D eigenvalue weighted by Crippen LogP contribution is -2.46. The van der Waals surface area contributed by atoms with Crippen LogP contribution in [0.1, 0.15) is 23.0 Å². The van der Waals surface area contributed by atoms with E-state index < -0.39 is 0 Å². The van der Waals surface area contributed by atoms with Crippen molar-refractivity contribution in [2.45, 2.75) is 13.5 Å². The number of nitrogens with one attached hydrogen (secondary N) is 1. The van der Waals surface area contributed by atoms with Crippen molar-refractivity contribution in [3.8, 4) is 5.75 Å². The number of rotatable bonds is 6. The lowest BCUT2D eigenvalue weighted by Gasteiger charge is -2.34. The van der Waals surface area contributed by atoms with Crippen LogP contribution in [0.15, 0.2) is 36.7 Å². The van der Waals surface area contributed by atoms with E-state index in [1.165, 1.54) is 6.33 Å². The predicted molar refractivity (Wildman–Crippen MR) is 101 cm³/mol. The molecule has 2 heterocycles. The van der Waals surface area contributed by atoms with Gasteiger partial charge in [0.25, 0.3) is 5.91 Å². The van der Waals surface area contributed by atoms with E-state index in [-0.39, 0.29) is 5.91 Å². The first kappa shape index (κ1) is 18.1. The minimum atomic E-state index is -0.198. The van der Waals surface area contributed by atoms with Gasteiger partial charge in [0.15, 0.2) is 0 Å². The van der Waals surface area contributed by atoms with Crippen LogP contribution in [-0.2, 0) is 6.54 Å². The average Bonchev–Trinajstić information content (AvgIpc) is 2.72. The number of amides is 1. The third-order valence-electron chi connectivity index (χ3n) is 4.64. The van der Waals surface area contributed by atoms with E-state index in [1.807, 2.05) is 24.3 Å². The molecule has 7 nitrogen and oxygen atoms in total. The molecule has 0 bridgehead atoms. The van der Waals surface area contributed by atoms with Crippen LogP contribution in [-0.4, -0.2) is 60.6 Å². The normalized spacial score (nSPS) is 14.9. The van der Waals surface area contributed by atoms with Gasteiger partial charge in [0.2, 0.25) is 0 Å². The Bertz CT molecular complexity index is 727. The lowest BCUT2D eigenvalue weighted by atomic mass is 10.2. The molecule has 26 heavy (non-hydrogen) atoms. The average molecular weight is 355 g/mol. The van der Waals surface area contributed by atoms with Crippen molar-refractivity contribution in [3.05, 3.63) is 47.9 Å². The number of piperazine rings is 1. The van der Waals surface area contributed by atoms with Crippen molar-refractivity contribution in [1.82, 2.24) is 20.2 Å². The van der Waals surface area contributed by atoms with Crippen molar-refractivity contribution in [1.29, 1.82) is 0 Å².